The summed E-state index contributed by atoms with van der Waals surface area (Å²) in [6.45, 7) is 2.24. The summed E-state index contributed by atoms with van der Waals surface area (Å²) in [5.74, 6) is -0.424. The molecule has 0 aliphatic rings. The highest BCUT2D eigenvalue weighted by Gasteiger charge is 2.12. The van der Waals surface area contributed by atoms with Gasteiger partial charge in [-0.2, -0.15) is 0 Å². The van der Waals surface area contributed by atoms with Crippen molar-refractivity contribution in [3.63, 3.8) is 0 Å². The van der Waals surface area contributed by atoms with E-state index in [0.29, 0.717) is 12.1 Å². The van der Waals surface area contributed by atoms with E-state index >= 15 is 0 Å². The third kappa shape index (κ3) is 2.51. The van der Waals surface area contributed by atoms with Crippen molar-refractivity contribution in [2.24, 2.45) is 5.73 Å². The molecule has 0 aliphatic carbocycles. The Hall–Kier alpha value is -1.88. The molecule has 0 saturated heterocycles. The molecule has 2 rings (SSSR count). The molecular weight excluding hydrogens is 233 g/mol. The molecule has 1 heterocycles. The van der Waals surface area contributed by atoms with Crippen molar-refractivity contribution in [3.8, 4) is 0 Å². The SMILES string of the molecule is CC(CN)NC(=O)Cc1c[nH]c2c(F)cccc12. The average molecular weight is 249 g/mol. The zero-order valence-corrected chi connectivity index (χ0v) is 10.2. The number of hydrogen-bond acceptors (Lipinski definition) is 2. The first kappa shape index (κ1) is 12.6. The van der Waals surface area contributed by atoms with Crippen LogP contribution in [0.1, 0.15) is 12.5 Å². The molecule has 0 fully saturated rings. The highest BCUT2D eigenvalue weighted by Crippen LogP contribution is 2.20. The minimum atomic E-state index is -0.311. The van der Waals surface area contributed by atoms with Gasteiger partial charge >= 0.3 is 0 Å². The summed E-state index contributed by atoms with van der Waals surface area (Å²) in [6.07, 6.45) is 1.88. The third-order valence-electron chi connectivity index (χ3n) is 2.86. The first-order valence-corrected chi connectivity index (χ1v) is 5.85. The summed E-state index contributed by atoms with van der Waals surface area (Å²) in [7, 11) is 0. The lowest BCUT2D eigenvalue weighted by Crippen LogP contribution is -2.38. The number of carbonyl (C=O) groups is 1. The van der Waals surface area contributed by atoms with Crippen LogP contribution in [0.5, 0.6) is 0 Å². The Labute approximate surface area is 104 Å². The first-order chi connectivity index (χ1) is 8.61. The summed E-state index contributed by atoms with van der Waals surface area (Å²) < 4.78 is 13.5. The summed E-state index contributed by atoms with van der Waals surface area (Å²) >= 11 is 0. The van der Waals surface area contributed by atoms with Gasteiger partial charge in [-0.3, -0.25) is 4.79 Å². The van der Waals surface area contributed by atoms with Crippen LogP contribution in [0.15, 0.2) is 24.4 Å². The van der Waals surface area contributed by atoms with Gasteiger partial charge in [-0.05, 0) is 18.6 Å². The maximum Gasteiger partial charge on any atom is 0.224 e. The largest absolute Gasteiger partial charge is 0.359 e. The van der Waals surface area contributed by atoms with Gasteiger partial charge in [0.1, 0.15) is 5.82 Å². The van der Waals surface area contributed by atoms with Crippen LogP contribution >= 0.6 is 0 Å². The zero-order chi connectivity index (χ0) is 13.1. The normalized spacial score (nSPS) is 12.6. The highest BCUT2D eigenvalue weighted by atomic mass is 19.1. The van der Waals surface area contributed by atoms with Crippen LogP contribution in [0.2, 0.25) is 0 Å². The van der Waals surface area contributed by atoms with E-state index in [4.69, 9.17) is 5.73 Å². The molecule has 96 valence electrons. The van der Waals surface area contributed by atoms with E-state index in [1.165, 1.54) is 6.07 Å². The van der Waals surface area contributed by atoms with Crippen molar-refractivity contribution in [2.75, 3.05) is 6.54 Å². The molecule has 18 heavy (non-hydrogen) atoms. The van der Waals surface area contributed by atoms with E-state index in [2.05, 4.69) is 10.3 Å². The van der Waals surface area contributed by atoms with Gasteiger partial charge in [0.15, 0.2) is 0 Å². The second-order valence-electron chi connectivity index (χ2n) is 4.36. The van der Waals surface area contributed by atoms with E-state index in [9.17, 15) is 9.18 Å². The lowest BCUT2D eigenvalue weighted by molar-refractivity contribution is -0.120. The fourth-order valence-corrected chi connectivity index (χ4v) is 1.88. The Morgan fingerprint density at radius 3 is 3.06 bits per heavy atom. The quantitative estimate of drug-likeness (QED) is 0.764. The zero-order valence-electron chi connectivity index (χ0n) is 10.2. The molecule has 0 radical (unpaired) electrons. The van der Waals surface area contributed by atoms with Crippen molar-refractivity contribution in [1.29, 1.82) is 0 Å². The van der Waals surface area contributed by atoms with Crippen LogP contribution in [0.3, 0.4) is 0 Å². The molecule has 2 aromatic rings. The molecule has 0 bridgehead atoms. The van der Waals surface area contributed by atoms with E-state index in [1.54, 1.807) is 18.3 Å². The van der Waals surface area contributed by atoms with Crippen LogP contribution < -0.4 is 11.1 Å². The molecule has 0 aliphatic heterocycles. The molecule has 1 amide bonds. The molecule has 4 nitrogen and oxygen atoms in total. The molecule has 0 saturated carbocycles. The lowest BCUT2D eigenvalue weighted by atomic mass is 10.1. The topological polar surface area (TPSA) is 70.9 Å². The lowest BCUT2D eigenvalue weighted by Gasteiger charge is -2.10. The van der Waals surface area contributed by atoms with Gasteiger partial charge < -0.3 is 16.0 Å². The number of nitrogens with one attached hydrogen (secondary N) is 2. The predicted octanol–water partition coefficient (Wildman–Crippen LogP) is 1.31. The van der Waals surface area contributed by atoms with E-state index in [-0.39, 0.29) is 24.2 Å². The minimum Gasteiger partial charge on any atom is -0.359 e. The Morgan fingerprint density at radius 1 is 1.56 bits per heavy atom. The minimum absolute atomic E-state index is 0.0561. The number of hydrogen-bond donors (Lipinski definition) is 3. The molecular formula is C13H16FN3O. The highest BCUT2D eigenvalue weighted by molar-refractivity contribution is 5.89. The first-order valence-electron chi connectivity index (χ1n) is 5.85. The van der Waals surface area contributed by atoms with Crippen LogP contribution in [-0.2, 0) is 11.2 Å². The second kappa shape index (κ2) is 5.18. The van der Waals surface area contributed by atoms with Gasteiger partial charge in [0.25, 0.3) is 0 Å². The maximum atomic E-state index is 13.5. The number of carbonyl (C=O) groups excluding carboxylic acids is 1. The van der Waals surface area contributed by atoms with Gasteiger partial charge in [0, 0.05) is 24.2 Å². The number of para-hydroxylation sites is 1. The van der Waals surface area contributed by atoms with E-state index in [0.717, 1.165) is 10.9 Å². The number of H-pyrrole nitrogens is 1. The smallest absolute Gasteiger partial charge is 0.224 e. The number of benzene rings is 1. The number of aromatic nitrogens is 1. The number of rotatable bonds is 4. The predicted molar refractivity (Wildman–Crippen MR) is 68.6 cm³/mol. The van der Waals surface area contributed by atoms with Crippen molar-refractivity contribution in [2.45, 2.75) is 19.4 Å². The van der Waals surface area contributed by atoms with E-state index < -0.39 is 0 Å². The molecule has 1 aromatic heterocycles. The summed E-state index contributed by atoms with van der Waals surface area (Å²) in [5.41, 5.74) is 6.65. The van der Waals surface area contributed by atoms with Gasteiger partial charge in [0.2, 0.25) is 5.91 Å². The number of amides is 1. The van der Waals surface area contributed by atoms with Crippen molar-refractivity contribution in [1.82, 2.24) is 10.3 Å². The van der Waals surface area contributed by atoms with Gasteiger partial charge in [-0.1, -0.05) is 12.1 Å². The molecule has 0 spiro atoms. The van der Waals surface area contributed by atoms with Crippen molar-refractivity contribution < 1.29 is 9.18 Å². The second-order valence-corrected chi connectivity index (χ2v) is 4.36. The fourth-order valence-electron chi connectivity index (χ4n) is 1.88. The monoisotopic (exact) mass is 249 g/mol. The van der Waals surface area contributed by atoms with Gasteiger partial charge in [-0.15, -0.1) is 0 Å². The van der Waals surface area contributed by atoms with Gasteiger partial charge in [0.05, 0.1) is 11.9 Å². The van der Waals surface area contributed by atoms with Crippen LogP contribution in [0.25, 0.3) is 10.9 Å². The summed E-state index contributed by atoms with van der Waals surface area (Å²) in [5, 5.41) is 3.52. The summed E-state index contributed by atoms with van der Waals surface area (Å²) in [4.78, 5) is 14.6. The fraction of sp³-hybridized carbons (Fsp3) is 0.308. The van der Waals surface area contributed by atoms with Gasteiger partial charge in [-0.25, -0.2) is 4.39 Å². The number of fused-ring (bicyclic) bond motifs is 1. The standard InChI is InChI=1S/C13H16FN3O/c1-8(6-15)17-12(18)5-9-7-16-13-10(9)3-2-4-11(13)14/h2-4,7-8,16H,5-6,15H2,1H3,(H,17,18). The molecule has 4 N–H and O–H groups in total. The third-order valence-corrected chi connectivity index (χ3v) is 2.86. The average Bonchev–Trinajstić information content (AvgIpc) is 2.74. The van der Waals surface area contributed by atoms with Crippen molar-refractivity contribution in [3.05, 3.63) is 35.8 Å². The number of halogens is 1. The molecule has 1 aromatic carbocycles. The van der Waals surface area contributed by atoms with Crippen molar-refractivity contribution >= 4 is 16.8 Å². The number of nitrogens with two attached hydrogens (primary N) is 1. The molecule has 1 unspecified atom stereocenters. The Bertz CT molecular complexity index is 564. The van der Waals surface area contributed by atoms with E-state index in [1.807, 2.05) is 6.92 Å². The summed E-state index contributed by atoms with van der Waals surface area (Å²) in [6, 6.07) is 4.76. The Kier molecular flexibility index (Phi) is 3.62. The van der Waals surface area contributed by atoms with Crippen LogP contribution in [0, 0.1) is 5.82 Å². The maximum absolute atomic E-state index is 13.5. The van der Waals surface area contributed by atoms with Crippen LogP contribution in [-0.4, -0.2) is 23.5 Å². The molecule has 5 heteroatoms. The number of aromatic amines is 1. The van der Waals surface area contributed by atoms with Crippen LogP contribution in [0.4, 0.5) is 4.39 Å². The Balaban J connectivity index is 2.17. The Morgan fingerprint density at radius 2 is 2.33 bits per heavy atom. The molecule has 1 atom stereocenters.